The molecule has 8 nitrogen and oxygen atoms in total. The van der Waals surface area contributed by atoms with Crippen LogP contribution in [0.4, 0.5) is 11.4 Å². The zero-order chi connectivity index (χ0) is 21.5. The van der Waals surface area contributed by atoms with Crippen molar-refractivity contribution in [3.8, 4) is 11.5 Å². The third-order valence-corrected chi connectivity index (χ3v) is 4.32. The Hall–Kier alpha value is -3.68. The summed E-state index contributed by atoms with van der Waals surface area (Å²) in [5.74, 6) is 0.163. The maximum absolute atomic E-state index is 13.0. The molecule has 1 heterocycles. The number of amides is 1. The topological polar surface area (TPSA) is 104 Å². The molecular weight excluding hydrogens is 386 g/mol. The van der Waals surface area contributed by atoms with Gasteiger partial charge in [0.25, 0.3) is 11.6 Å². The molecule has 0 aliphatic rings. The largest absolute Gasteiger partial charge is 0.490 e. The summed E-state index contributed by atoms with van der Waals surface area (Å²) in [6, 6.07) is 11.4. The maximum Gasteiger partial charge on any atom is 0.296 e. The number of nitro benzene ring substituents is 1. The van der Waals surface area contributed by atoms with Gasteiger partial charge in [-0.15, -0.1) is 0 Å². The number of carbonyl (C=O) groups is 1. The molecule has 0 spiro atoms. The molecule has 0 unspecified atom stereocenters. The van der Waals surface area contributed by atoms with Gasteiger partial charge in [0, 0.05) is 23.2 Å². The van der Waals surface area contributed by atoms with Crippen molar-refractivity contribution >= 4 is 28.2 Å². The Morgan fingerprint density at radius 2 is 1.77 bits per heavy atom. The first-order valence-corrected chi connectivity index (χ1v) is 9.78. The summed E-state index contributed by atoms with van der Waals surface area (Å²) in [5, 5.41) is 15.0. The number of ether oxygens (including phenoxy) is 2. The van der Waals surface area contributed by atoms with Gasteiger partial charge in [0.15, 0.2) is 11.5 Å². The summed E-state index contributed by atoms with van der Waals surface area (Å²) < 4.78 is 11.3. The van der Waals surface area contributed by atoms with Crippen molar-refractivity contribution in [1.29, 1.82) is 0 Å². The van der Waals surface area contributed by atoms with Crippen molar-refractivity contribution in [3.63, 3.8) is 0 Å². The molecule has 3 aromatic rings. The van der Waals surface area contributed by atoms with Crippen LogP contribution in [0.3, 0.4) is 0 Å². The van der Waals surface area contributed by atoms with E-state index in [9.17, 15) is 14.9 Å². The molecule has 1 aromatic heterocycles. The van der Waals surface area contributed by atoms with Gasteiger partial charge in [-0.1, -0.05) is 26.0 Å². The molecular formula is C22H23N3O5. The van der Waals surface area contributed by atoms with Gasteiger partial charge in [-0.3, -0.25) is 19.9 Å². The first kappa shape index (κ1) is 21.0. The van der Waals surface area contributed by atoms with Crippen LogP contribution in [0.5, 0.6) is 11.5 Å². The van der Waals surface area contributed by atoms with Crippen LogP contribution in [0, 0.1) is 10.1 Å². The molecule has 0 fully saturated rings. The number of nitrogens with zero attached hydrogens (tertiary/aromatic N) is 2. The highest BCUT2D eigenvalue weighted by molar-refractivity contribution is 6.13. The second-order valence-corrected chi connectivity index (χ2v) is 6.60. The molecule has 8 heteroatoms. The van der Waals surface area contributed by atoms with E-state index in [1.165, 1.54) is 12.1 Å². The molecule has 1 amide bonds. The highest BCUT2D eigenvalue weighted by Crippen LogP contribution is 2.38. The van der Waals surface area contributed by atoms with Crippen molar-refractivity contribution < 1.29 is 19.2 Å². The number of anilines is 1. The standard InChI is InChI=1S/C22H23N3O5/c1-3-11-29-20-13-18(19(25(27)28)14-21(20)30-12-4-2)24-22(26)16-7-5-9-17-15(16)8-6-10-23-17/h5-10,13-14H,3-4,11-12H2,1-2H3,(H,24,26). The lowest BCUT2D eigenvalue weighted by atomic mass is 10.1. The zero-order valence-electron chi connectivity index (χ0n) is 16.9. The number of rotatable bonds is 9. The Labute approximate surface area is 174 Å². The van der Waals surface area contributed by atoms with Gasteiger partial charge in [-0.25, -0.2) is 0 Å². The molecule has 0 bridgehead atoms. The molecule has 0 saturated carbocycles. The van der Waals surface area contributed by atoms with E-state index >= 15 is 0 Å². The fraction of sp³-hybridized carbons (Fsp3) is 0.273. The number of aromatic nitrogens is 1. The summed E-state index contributed by atoms with van der Waals surface area (Å²) in [6.45, 7) is 4.71. The third kappa shape index (κ3) is 4.65. The summed E-state index contributed by atoms with van der Waals surface area (Å²) in [5.41, 5.74) is 0.810. The number of fused-ring (bicyclic) bond motifs is 1. The van der Waals surface area contributed by atoms with Gasteiger partial charge in [-0.05, 0) is 31.0 Å². The Morgan fingerprint density at radius 3 is 2.43 bits per heavy atom. The van der Waals surface area contributed by atoms with Gasteiger partial charge in [0.2, 0.25) is 0 Å². The predicted octanol–water partition coefficient (Wildman–Crippen LogP) is 4.97. The molecule has 156 valence electrons. The number of carbonyl (C=O) groups excluding carboxylic acids is 1. The van der Waals surface area contributed by atoms with E-state index in [2.05, 4.69) is 10.3 Å². The summed E-state index contributed by atoms with van der Waals surface area (Å²) in [6.07, 6.45) is 3.14. The summed E-state index contributed by atoms with van der Waals surface area (Å²) >= 11 is 0. The Kier molecular flexibility index (Phi) is 6.79. The Morgan fingerprint density at radius 1 is 1.07 bits per heavy atom. The molecule has 2 aromatic carbocycles. The highest BCUT2D eigenvalue weighted by atomic mass is 16.6. The van der Waals surface area contributed by atoms with Crippen molar-refractivity contribution in [3.05, 3.63) is 64.3 Å². The minimum absolute atomic E-state index is 0.0424. The summed E-state index contributed by atoms with van der Waals surface area (Å²) in [4.78, 5) is 28.3. The van der Waals surface area contributed by atoms with Gasteiger partial charge in [-0.2, -0.15) is 0 Å². The lowest BCUT2D eigenvalue weighted by Gasteiger charge is -2.15. The Bertz CT molecular complexity index is 1060. The quantitative estimate of drug-likeness (QED) is 0.395. The van der Waals surface area contributed by atoms with E-state index in [1.807, 2.05) is 13.8 Å². The number of benzene rings is 2. The smallest absolute Gasteiger partial charge is 0.296 e. The van der Waals surface area contributed by atoms with Crippen LogP contribution in [0.2, 0.25) is 0 Å². The highest BCUT2D eigenvalue weighted by Gasteiger charge is 2.23. The van der Waals surface area contributed by atoms with E-state index in [-0.39, 0.29) is 17.1 Å². The molecule has 0 saturated heterocycles. The second-order valence-electron chi connectivity index (χ2n) is 6.60. The number of hydrogen-bond donors (Lipinski definition) is 1. The number of pyridine rings is 1. The maximum atomic E-state index is 13.0. The second kappa shape index (κ2) is 9.69. The average molecular weight is 409 g/mol. The van der Waals surface area contributed by atoms with Gasteiger partial charge in [0.1, 0.15) is 5.69 Å². The Balaban J connectivity index is 2.00. The van der Waals surface area contributed by atoms with Gasteiger partial charge in [0.05, 0.1) is 29.7 Å². The fourth-order valence-electron chi connectivity index (χ4n) is 2.94. The number of nitrogens with one attached hydrogen (secondary N) is 1. The number of nitro groups is 1. The van der Waals surface area contributed by atoms with Crippen LogP contribution >= 0.6 is 0 Å². The van der Waals surface area contributed by atoms with Crippen molar-refractivity contribution in [2.75, 3.05) is 18.5 Å². The van der Waals surface area contributed by atoms with Crippen molar-refractivity contribution in [1.82, 2.24) is 4.98 Å². The van der Waals surface area contributed by atoms with Crippen LogP contribution < -0.4 is 14.8 Å². The lowest BCUT2D eigenvalue weighted by molar-refractivity contribution is -0.384. The van der Waals surface area contributed by atoms with Crippen LogP contribution in [-0.2, 0) is 0 Å². The van der Waals surface area contributed by atoms with E-state index < -0.39 is 10.8 Å². The number of hydrogen-bond acceptors (Lipinski definition) is 6. The minimum atomic E-state index is -0.553. The van der Waals surface area contributed by atoms with Crippen LogP contribution in [0.25, 0.3) is 10.9 Å². The van der Waals surface area contributed by atoms with Crippen LogP contribution in [0.15, 0.2) is 48.7 Å². The van der Waals surface area contributed by atoms with E-state index in [1.54, 1.807) is 36.5 Å². The van der Waals surface area contributed by atoms with Crippen molar-refractivity contribution in [2.45, 2.75) is 26.7 Å². The normalized spacial score (nSPS) is 10.6. The van der Waals surface area contributed by atoms with Crippen LogP contribution in [0.1, 0.15) is 37.0 Å². The van der Waals surface area contributed by atoms with Crippen molar-refractivity contribution in [2.24, 2.45) is 0 Å². The van der Waals surface area contributed by atoms with Crippen LogP contribution in [-0.4, -0.2) is 29.0 Å². The molecule has 3 rings (SSSR count). The molecule has 1 N–H and O–H groups in total. The molecule has 0 aliphatic heterocycles. The summed E-state index contributed by atoms with van der Waals surface area (Å²) in [7, 11) is 0. The molecule has 30 heavy (non-hydrogen) atoms. The average Bonchev–Trinajstić information content (AvgIpc) is 2.76. The van der Waals surface area contributed by atoms with E-state index in [0.717, 1.165) is 12.8 Å². The first-order chi connectivity index (χ1) is 14.5. The minimum Gasteiger partial charge on any atom is -0.490 e. The predicted molar refractivity (Wildman–Crippen MR) is 114 cm³/mol. The SMILES string of the molecule is CCCOc1cc(NC(=O)c2cccc3ncccc23)c([N+](=O)[O-])cc1OCCC. The first-order valence-electron chi connectivity index (χ1n) is 9.78. The van der Waals surface area contributed by atoms with Gasteiger partial charge >= 0.3 is 0 Å². The fourth-order valence-corrected chi connectivity index (χ4v) is 2.94. The van der Waals surface area contributed by atoms with E-state index in [0.29, 0.717) is 35.4 Å². The molecule has 0 aliphatic carbocycles. The van der Waals surface area contributed by atoms with Gasteiger partial charge < -0.3 is 14.8 Å². The van der Waals surface area contributed by atoms with E-state index in [4.69, 9.17) is 9.47 Å². The zero-order valence-corrected chi connectivity index (χ0v) is 16.9. The monoisotopic (exact) mass is 409 g/mol. The third-order valence-electron chi connectivity index (χ3n) is 4.32. The molecule has 0 atom stereocenters. The lowest BCUT2D eigenvalue weighted by Crippen LogP contribution is -2.14. The molecule has 0 radical (unpaired) electrons.